The monoisotopic (exact) mass is 480 g/mol. The van der Waals surface area contributed by atoms with Crippen molar-refractivity contribution in [2.75, 3.05) is 16.0 Å². The van der Waals surface area contributed by atoms with E-state index in [1.54, 1.807) is 61.5 Å². The summed E-state index contributed by atoms with van der Waals surface area (Å²) in [6.45, 7) is 1.63. The molecule has 0 unspecified atom stereocenters. The number of anilines is 3. The van der Waals surface area contributed by atoms with Gasteiger partial charge < -0.3 is 20.5 Å². The lowest BCUT2D eigenvalue weighted by molar-refractivity contribution is 0.102. The number of hydrogen-bond acceptors (Lipinski definition) is 4. The van der Waals surface area contributed by atoms with Gasteiger partial charge in [0.2, 0.25) is 0 Å². The van der Waals surface area contributed by atoms with Gasteiger partial charge in [-0.2, -0.15) is 0 Å². The topological polar surface area (TPSA) is 96.3 Å². The first-order valence-corrected chi connectivity index (χ1v) is 10.6. The fraction of sp³-hybridized carbons (Fsp3) is 0.0417. The van der Waals surface area contributed by atoms with Crippen LogP contribution in [0.5, 0.6) is 0 Å². The van der Waals surface area contributed by atoms with Crippen LogP contribution in [0, 0.1) is 6.92 Å². The Balaban J connectivity index is 1.47. The molecule has 0 aliphatic carbocycles. The minimum absolute atomic E-state index is 0.231. The number of halogens is 2. The molecule has 0 aliphatic rings. The first-order valence-electron chi connectivity index (χ1n) is 9.87. The molecule has 1 aromatic heterocycles. The summed E-state index contributed by atoms with van der Waals surface area (Å²) in [5, 5.41) is 13.0. The smallest absolute Gasteiger partial charge is 0.323 e. The van der Waals surface area contributed by atoms with Gasteiger partial charge in [-0.05, 0) is 55.5 Å². The summed E-state index contributed by atoms with van der Waals surface area (Å²) in [5.74, 6) is -0.100. The van der Waals surface area contributed by atoms with E-state index in [0.29, 0.717) is 38.4 Å². The van der Waals surface area contributed by atoms with Crippen LogP contribution in [0.15, 0.2) is 77.3 Å². The SMILES string of the molecule is Cc1onc(-c2c(Cl)cccc2Cl)c1C(=O)Nc1ccc(NC(=O)Nc2ccccc2)cc1. The molecule has 1 heterocycles. The van der Waals surface area contributed by atoms with E-state index in [-0.39, 0.29) is 17.3 Å². The van der Waals surface area contributed by atoms with Crippen molar-refractivity contribution in [3.8, 4) is 11.3 Å². The van der Waals surface area contributed by atoms with Gasteiger partial charge >= 0.3 is 6.03 Å². The number of nitrogens with zero attached hydrogens (tertiary/aromatic N) is 1. The zero-order valence-electron chi connectivity index (χ0n) is 17.4. The van der Waals surface area contributed by atoms with Gasteiger partial charge in [-0.25, -0.2) is 4.79 Å². The number of rotatable bonds is 5. The summed E-state index contributed by atoms with van der Waals surface area (Å²) in [7, 11) is 0. The average molecular weight is 481 g/mol. The molecule has 4 rings (SSSR count). The van der Waals surface area contributed by atoms with Crippen LogP contribution in [-0.2, 0) is 0 Å². The lowest BCUT2D eigenvalue weighted by atomic mass is 10.1. The van der Waals surface area contributed by atoms with Gasteiger partial charge in [-0.15, -0.1) is 0 Å². The lowest BCUT2D eigenvalue weighted by Gasteiger charge is -2.10. The van der Waals surface area contributed by atoms with E-state index in [4.69, 9.17) is 27.7 Å². The first kappa shape index (κ1) is 22.4. The van der Waals surface area contributed by atoms with Gasteiger partial charge in [0, 0.05) is 22.6 Å². The number of para-hydroxylation sites is 1. The molecule has 0 saturated carbocycles. The predicted octanol–water partition coefficient (Wildman–Crippen LogP) is 6.85. The molecule has 0 atom stereocenters. The zero-order chi connectivity index (χ0) is 23.4. The van der Waals surface area contributed by atoms with Gasteiger partial charge in [0.05, 0.1) is 10.0 Å². The van der Waals surface area contributed by atoms with Crippen molar-refractivity contribution in [2.45, 2.75) is 6.92 Å². The number of urea groups is 1. The number of amides is 3. The third kappa shape index (κ3) is 5.16. The van der Waals surface area contributed by atoms with Crippen LogP contribution in [0.1, 0.15) is 16.1 Å². The van der Waals surface area contributed by atoms with E-state index in [1.807, 2.05) is 18.2 Å². The summed E-state index contributed by atoms with van der Waals surface area (Å²) < 4.78 is 5.25. The normalized spacial score (nSPS) is 10.5. The van der Waals surface area contributed by atoms with E-state index in [2.05, 4.69) is 21.1 Å². The highest BCUT2D eigenvalue weighted by molar-refractivity contribution is 6.39. The standard InChI is InChI=1S/C24H18Cl2N4O3/c1-14-20(22(30-33-14)21-18(25)8-5-9-19(21)26)23(31)27-16-10-12-17(13-11-16)29-24(32)28-15-6-3-2-4-7-15/h2-13H,1H3,(H,27,31)(H2,28,29,32). The molecule has 0 radical (unpaired) electrons. The van der Waals surface area contributed by atoms with E-state index in [0.717, 1.165) is 0 Å². The third-order valence-corrected chi connectivity index (χ3v) is 5.35. The second-order valence-electron chi connectivity index (χ2n) is 7.04. The summed E-state index contributed by atoms with van der Waals surface area (Å²) in [6.07, 6.45) is 0. The molecule has 9 heteroatoms. The first-order chi connectivity index (χ1) is 15.9. The maximum absolute atomic E-state index is 13.0. The summed E-state index contributed by atoms with van der Waals surface area (Å²) in [4.78, 5) is 25.1. The quantitative estimate of drug-likeness (QED) is 0.290. The largest absolute Gasteiger partial charge is 0.360 e. The number of hydrogen-bond donors (Lipinski definition) is 3. The maximum Gasteiger partial charge on any atom is 0.323 e. The minimum Gasteiger partial charge on any atom is -0.360 e. The molecule has 3 aromatic carbocycles. The summed E-state index contributed by atoms with van der Waals surface area (Å²) >= 11 is 12.6. The van der Waals surface area contributed by atoms with E-state index in [1.165, 1.54) is 0 Å². The van der Waals surface area contributed by atoms with Crippen molar-refractivity contribution in [3.05, 3.63) is 94.2 Å². The molecule has 0 bridgehead atoms. The molecule has 0 aliphatic heterocycles. The molecule has 0 spiro atoms. The highest BCUT2D eigenvalue weighted by atomic mass is 35.5. The molecular weight excluding hydrogens is 463 g/mol. The van der Waals surface area contributed by atoms with Gasteiger partial charge in [0.1, 0.15) is 17.0 Å². The van der Waals surface area contributed by atoms with E-state index < -0.39 is 5.91 Å². The lowest BCUT2D eigenvalue weighted by Crippen LogP contribution is -2.19. The zero-order valence-corrected chi connectivity index (χ0v) is 18.9. The van der Waals surface area contributed by atoms with Crippen molar-refractivity contribution in [2.24, 2.45) is 0 Å². The molecule has 0 saturated heterocycles. The number of carbonyl (C=O) groups is 2. The maximum atomic E-state index is 13.0. The Morgan fingerprint density at radius 2 is 1.30 bits per heavy atom. The molecule has 0 fully saturated rings. The van der Waals surface area contributed by atoms with Crippen LogP contribution in [-0.4, -0.2) is 17.1 Å². The summed E-state index contributed by atoms with van der Waals surface area (Å²) in [6, 6.07) is 20.4. The van der Waals surface area contributed by atoms with Crippen molar-refractivity contribution >= 4 is 52.2 Å². The van der Waals surface area contributed by atoms with Crippen LogP contribution >= 0.6 is 23.2 Å². The van der Waals surface area contributed by atoms with Crippen LogP contribution in [0.4, 0.5) is 21.9 Å². The highest BCUT2D eigenvalue weighted by Gasteiger charge is 2.25. The Morgan fingerprint density at radius 1 is 0.758 bits per heavy atom. The Hall–Kier alpha value is -3.81. The molecule has 3 amide bonds. The van der Waals surface area contributed by atoms with Gasteiger partial charge in [0.15, 0.2) is 0 Å². The second-order valence-corrected chi connectivity index (χ2v) is 7.85. The van der Waals surface area contributed by atoms with Gasteiger partial charge in [-0.3, -0.25) is 4.79 Å². The van der Waals surface area contributed by atoms with Crippen molar-refractivity contribution in [3.63, 3.8) is 0 Å². The number of carbonyl (C=O) groups excluding carboxylic acids is 2. The van der Waals surface area contributed by atoms with Crippen LogP contribution < -0.4 is 16.0 Å². The number of aryl methyl sites for hydroxylation is 1. The Kier molecular flexibility index (Phi) is 6.63. The molecular formula is C24H18Cl2N4O3. The van der Waals surface area contributed by atoms with Gasteiger partial charge in [-0.1, -0.05) is 52.6 Å². The van der Waals surface area contributed by atoms with Crippen molar-refractivity contribution < 1.29 is 14.1 Å². The number of aromatic nitrogens is 1. The molecule has 33 heavy (non-hydrogen) atoms. The Morgan fingerprint density at radius 3 is 1.91 bits per heavy atom. The number of benzene rings is 3. The van der Waals surface area contributed by atoms with Crippen molar-refractivity contribution in [1.82, 2.24) is 5.16 Å². The van der Waals surface area contributed by atoms with E-state index in [9.17, 15) is 9.59 Å². The Bertz CT molecular complexity index is 1290. The predicted molar refractivity (Wildman–Crippen MR) is 130 cm³/mol. The van der Waals surface area contributed by atoms with E-state index >= 15 is 0 Å². The number of nitrogens with one attached hydrogen (secondary N) is 3. The minimum atomic E-state index is -0.428. The molecule has 166 valence electrons. The Labute approximate surface area is 199 Å². The molecule has 4 aromatic rings. The van der Waals surface area contributed by atoms with Gasteiger partial charge in [0.25, 0.3) is 5.91 Å². The third-order valence-electron chi connectivity index (χ3n) is 4.72. The molecule has 7 nitrogen and oxygen atoms in total. The fourth-order valence-electron chi connectivity index (χ4n) is 3.18. The summed E-state index contributed by atoms with van der Waals surface area (Å²) in [5.41, 5.74) is 2.67. The van der Waals surface area contributed by atoms with Crippen LogP contribution in [0.3, 0.4) is 0 Å². The average Bonchev–Trinajstić information content (AvgIpc) is 3.16. The van der Waals surface area contributed by atoms with Crippen molar-refractivity contribution in [1.29, 1.82) is 0 Å². The highest BCUT2D eigenvalue weighted by Crippen LogP contribution is 2.37. The van der Waals surface area contributed by atoms with Crippen LogP contribution in [0.2, 0.25) is 10.0 Å². The molecule has 3 N–H and O–H groups in total. The fourth-order valence-corrected chi connectivity index (χ4v) is 3.76. The second kappa shape index (κ2) is 9.77. The van der Waals surface area contributed by atoms with Crippen LogP contribution in [0.25, 0.3) is 11.3 Å².